The Morgan fingerprint density at radius 2 is 1.58 bits per heavy atom. The van der Waals surface area contributed by atoms with Gasteiger partial charge in [-0.2, -0.15) is 0 Å². The number of Topliss-reactive ketones (excluding diaryl/α,β-unsaturated/α-hetero) is 1. The molecule has 0 radical (unpaired) electrons. The summed E-state index contributed by atoms with van der Waals surface area (Å²) < 4.78 is 0. The average Bonchev–Trinajstić information content (AvgIpc) is 3.20. The van der Waals surface area contributed by atoms with Crippen molar-refractivity contribution in [2.24, 2.45) is 11.8 Å². The van der Waals surface area contributed by atoms with E-state index in [9.17, 15) is 14.4 Å². The maximum atomic E-state index is 13.1. The summed E-state index contributed by atoms with van der Waals surface area (Å²) in [6.45, 7) is 5.70. The van der Waals surface area contributed by atoms with Crippen molar-refractivity contribution in [2.45, 2.75) is 39.5 Å². The molecule has 5 heteroatoms. The van der Waals surface area contributed by atoms with Gasteiger partial charge >= 0.3 is 0 Å². The van der Waals surface area contributed by atoms with Crippen molar-refractivity contribution >= 4 is 23.3 Å². The van der Waals surface area contributed by atoms with Crippen molar-refractivity contribution in [3.63, 3.8) is 0 Å². The van der Waals surface area contributed by atoms with Crippen LogP contribution in [0.2, 0.25) is 0 Å². The number of hydrogen-bond donors (Lipinski definition) is 0. The van der Waals surface area contributed by atoms with Gasteiger partial charge in [0.15, 0.2) is 5.78 Å². The fraction of sp³-hybridized carbons (Fsp3) is 0.423. The lowest BCUT2D eigenvalue weighted by Crippen LogP contribution is -2.43. The summed E-state index contributed by atoms with van der Waals surface area (Å²) in [7, 11) is 0. The Morgan fingerprint density at radius 1 is 0.935 bits per heavy atom. The van der Waals surface area contributed by atoms with E-state index >= 15 is 0 Å². The van der Waals surface area contributed by atoms with Gasteiger partial charge in [-0.15, -0.1) is 0 Å². The average molecular weight is 419 g/mol. The van der Waals surface area contributed by atoms with Gasteiger partial charge in [-0.05, 0) is 43.9 Å². The van der Waals surface area contributed by atoms with Crippen LogP contribution in [0.25, 0.3) is 0 Å². The highest BCUT2D eigenvalue weighted by Gasteiger charge is 2.38. The second kappa shape index (κ2) is 9.04. The lowest BCUT2D eigenvalue weighted by molar-refractivity contribution is -0.137. The molecule has 0 bridgehead atoms. The number of amides is 2. The fourth-order valence-corrected chi connectivity index (χ4v) is 4.61. The number of likely N-dealkylation sites (tertiary alicyclic amines) is 1. The molecule has 2 fully saturated rings. The molecule has 2 saturated heterocycles. The van der Waals surface area contributed by atoms with Crippen LogP contribution in [0, 0.1) is 18.8 Å². The molecule has 2 amide bonds. The van der Waals surface area contributed by atoms with E-state index in [4.69, 9.17) is 0 Å². The van der Waals surface area contributed by atoms with Gasteiger partial charge in [-0.25, -0.2) is 0 Å². The van der Waals surface area contributed by atoms with Crippen LogP contribution < -0.4 is 4.90 Å². The van der Waals surface area contributed by atoms with E-state index in [1.54, 1.807) is 4.90 Å². The molecule has 2 aromatic carbocycles. The monoisotopic (exact) mass is 418 g/mol. The minimum atomic E-state index is -0.303. The number of anilines is 1. The summed E-state index contributed by atoms with van der Waals surface area (Å²) in [6, 6.07) is 15.7. The molecule has 2 aliphatic rings. The van der Waals surface area contributed by atoms with Gasteiger partial charge in [0.05, 0.1) is 5.92 Å². The van der Waals surface area contributed by atoms with E-state index in [1.807, 2.05) is 60.4 Å². The molecule has 2 aromatic rings. The van der Waals surface area contributed by atoms with Gasteiger partial charge in [-0.3, -0.25) is 14.4 Å². The van der Waals surface area contributed by atoms with Crippen LogP contribution in [-0.2, 0) is 16.0 Å². The van der Waals surface area contributed by atoms with Gasteiger partial charge < -0.3 is 9.80 Å². The zero-order valence-electron chi connectivity index (χ0n) is 18.3. The van der Waals surface area contributed by atoms with Crippen molar-refractivity contribution in [1.29, 1.82) is 0 Å². The van der Waals surface area contributed by atoms with Crippen LogP contribution in [0.4, 0.5) is 5.69 Å². The molecule has 1 unspecified atom stereocenters. The first-order chi connectivity index (χ1) is 15.0. The summed E-state index contributed by atoms with van der Waals surface area (Å²) in [5, 5.41) is 0. The van der Waals surface area contributed by atoms with Crippen LogP contribution in [0.5, 0.6) is 0 Å². The Kier molecular flexibility index (Phi) is 6.21. The Labute approximate surface area is 184 Å². The molecule has 0 N–H and O–H groups in total. The molecule has 5 nitrogen and oxygen atoms in total. The van der Waals surface area contributed by atoms with Crippen LogP contribution in [0.3, 0.4) is 0 Å². The highest BCUT2D eigenvalue weighted by molar-refractivity contribution is 6.00. The lowest BCUT2D eigenvalue weighted by atomic mass is 9.88. The largest absolute Gasteiger partial charge is 0.342 e. The molecule has 0 aliphatic carbocycles. The molecule has 0 spiro atoms. The summed E-state index contributed by atoms with van der Waals surface area (Å²) in [6.07, 6.45) is 2.58. The molecular weight excluding hydrogens is 388 g/mol. The normalized spacial score (nSPS) is 19.7. The Bertz CT molecular complexity index is 957. The number of nitrogens with zero attached hydrogens (tertiary/aromatic N) is 2. The third kappa shape index (κ3) is 4.55. The van der Waals surface area contributed by atoms with Crippen LogP contribution in [0.1, 0.15) is 47.7 Å². The first kappa shape index (κ1) is 21.3. The second-order valence-electron chi connectivity index (χ2n) is 8.76. The minimum absolute atomic E-state index is 0.00651. The number of rotatable bonds is 5. The molecule has 0 aromatic heterocycles. The predicted molar refractivity (Wildman–Crippen MR) is 121 cm³/mol. The molecule has 4 rings (SSSR count). The summed E-state index contributed by atoms with van der Waals surface area (Å²) in [5.41, 5.74) is 3.98. The third-order valence-electron chi connectivity index (χ3n) is 6.64. The van der Waals surface area contributed by atoms with Crippen molar-refractivity contribution in [3.05, 3.63) is 65.2 Å². The number of carbonyl (C=O) groups is 3. The van der Waals surface area contributed by atoms with E-state index in [2.05, 4.69) is 6.92 Å². The standard InChI is InChI=1S/C26H30N2O3/c1-3-19-6-10-23(11-7-19)28-17-22(16-24(28)29)26(31)27-14-12-21(13-15-27)25(30)20-8-4-18(2)5-9-20/h4-11,21-22H,3,12-17H2,1-2H3. The van der Waals surface area contributed by atoms with Gasteiger partial charge in [0, 0.05) is 43.2 Å². The summed E-state index contributed by atoms with van der Waals surface area (Å²) >= 11 is 0. The number of aryl methyl sites for hydroxylation is 2. The van der Waals surface area contributed by atoms with E-state index in [1.165, 1.54) is 5.56 Å². The number of carbonyl (C=O) groups excluding carboxylic acids is 3. The lowest BCUT2D eigenvalue weighted by Gasteiger charge is -2.33. The SMILES string of the molecule is CCc1ccc(N2CC(C(=O)N3CCC(C(=O)c4ccc(C)cc4)CC3)CC2=O)cc1. The fourth-order valence-electron chi connectivity index (χ4n) is 4.61. The number of ketones is 1. The zero-order valence-corrected chi connectivity index (χ0v) is 18.3. The van der Waals surface area contributed by atoms with Crippen molar-refractivity contribution in [1.82, 2.24) is 4.90 Å². The Balaban J connectivity index is 1.33. The molecule has 1 atom stereocenters. The zero-order chi connectivity index (χ0) is 22.0. The highest BCUT2D eigenvalue weighted by atomic mass is 16.2. The smallest absolute Gasteiger partial charge is 0.228 e. The van der Waals surface area contributed by atoms with Gasteiger partial charge in [0.25, 0.3) is 0 Å². The highest BCUT2D eigenvalue weighted by Crippen LogP contribution is 2.29. The number of piperidine rings is 1. The molecule has 2 heterocycles. The van der Waals surface area contributed by atoms with Crippen LogP contribution >= 0.6 is 0 Å². The van der Waals surface area contributed by atoms with Crippen molar-refractivity contribution in [2.75, 3.05) is 24.5 Å². The van der Waals surface area contributed by atoms with E-state index < -0.39 is 0 Å². The molecular formula is C26H30N2O3. The maximum absolute atomic E-state index is 13.1. The molecule has 2 aliphatic heterocycles. The van der Waals surface area contributed by atoms with Gasteiger partial charge in [0.1, 0.15) is 0 Å². The quantitative estimate of drug-likeness (QED) is 0.689. The van der Waals surface area contributed by atoms with Crippen molar-refractivity contribution < 1.29 is 14.4 Å². The van der Waals surface area contributed by atoms with E-state index in [-0.39, 0.29) is 35.9 Å². The molecule has 0 saturated carbocycles. The maximum Gasteiger partial charge on any atom is 0.228 e. The van der Waals surface area contributed by atoms with E-state index in [0.717, 1.165) is 23.2 Å². The van der Waals surface area contributed by atoms with Crippen LogP contribution in [-0.4, -0.2) is 42.1 Å². The number of benzene rings is 2. The van der Waals surface area contributed by atoms with Gasteiger partial charge in [-0.1, -0.05) is 48.9 Å². The topological polar surface area (TPSA) is 57.7 Å². The first-order valence-electron chi connectivity index (χ1n) is 11.2. The predicted octanol–water partition coefficient (Wildman–Crippen LogP) is 4.03. The Hall–Kier alpha value is -2.95. The third-order valence-corrected chi connectivity index (χ3v) is 6.64. The number of hydrogen-bond acceptors (Lipinski definition) is 3. The molecule has 162 valence electrons. The van der Waals surface area contributed by atoms with Crippen molar-refractivity contribution in [3.8, 4) is 0 Å². The second-order valence-corrected chi connectivity index (χ2v) is 8.76. The van der Waals surface area contributed by atoms with Crippen LogP contribution in [0.15, 0.2) is 48.5 Å². The van der Waals surface area contributed by atoms with Gasteiger partial charge in [0.2, 0.25) is 11.8 Å². The minimum Gasteiger partial charge on any atom is -0.342 e. The molecule has 31 heavy (non-hydrogen) atoms. The summed E-state index contributed by atoms with van der Waals surface area (Å²) in [4.78, 5) is 42.0. The van der Waals surface area contributed by atoms with E-state index in [0.29, 0.717) is 32.5 Å². The Morgan fingerprint density at radius 3 is 2.19 bits per heavy atom. The first-order valence-corrected chi connectivity index (χ1v) is 11.2. The summed E-state index contributed by atoms with van der Waals surface area (Å²) in [5.74, 6) is -0.118.